The van der Waals surface area contributed by atoms with E-state index in [0.29, 0.717) is 32.6 Å². The molecule has 1 N–H and O–H groups in total. The maximum atomic E-state index is 12.3. The normalized spacial score (nSPS) is 35.0. The molecule has 2 bridgehead atoms. The zero-order chi connectivity index (χ0) is 12.7. The van der Waals surface area contributed by atoms with Crippen molar-refractivity contribution in [2.45, 2.75) is 31.5 Å². The second kappa shape index (κ2) is 4.42. The van der Waals surface area contributed by atoms with E-state index in [1.807, 2.05) is 4.90 Å². The number of likely N-dealkylation sites (tertiary alicyclic amines) is 2. The predicted octanol–water partition coefficient (Wildman–Crippen LogP) is 0.376. The van der Waals surface area contributed by atoms with Crippen molar-refractivity contribution in [3.05, 3.63) is 0 Å². The van der Waals surface area contributed by atoms with Crippen LogP contribution in [0, 0.1) is 5.92 Å². The van der Waals surface area contributed by atoms with Crippen LogP contribution in [0.1, 0.15) is 19.3 Å². The largest absolute Gasteiger partial charge is 0.481 e. The number of ether oxygens (including phenoxy) is 1. The quantitative estimate of drug-likeness (QED) is 0.734. The van der Waals surface area contributed by atoms with Gasteiger partial charge in [-0.25, -0.2) is 4.79 Å². The molecule has 100 valence electrons. The molecule has 3 aliphatic heterocycles. The molecule has 0 spiro atoms. The van der Waals surface area contributed by atoms with E-state index < -0.39 is 11.9 Å². The molecule has 0 aromatic carbocycles. The molecule has 3 unspecified atom stereocenters. The third kappa shape index (κ3) is 2.05. The molecule has 0 aromatic rings. The summed E-state index contributed by atoms with van der Waals surface area (Å²) in [6, 6.07) is -0.0149. The van der Waals surface area contributed by atoms with Gasteiger partial charge in [-0.15, -0.1) is 0 Å². The van der Waals surface area contributed by atoms with Crippen LogP contribution in [0.4, 0.5) is 4.79 Å². The van der Waals surface area contributed by atoms with Crippen LogP contribution in [-0.4, -0.2) is 65.3 Å². The Morgan fingerprint density at radius 2 is 1.67 bits per heavy atom. The lowest BCUT2D eigenvalue weighted by Gasteiger charge is -2.34. The van der Waals surface area contributed by atoms with Gasteiger partial charge in [-0.1, -0.05) is 0 Å². The van der Waals surface area contributed by atoms with E-state index in [-0.39, 0.29) is 18.2 Å². The summed E-state index contributed by atoms with van der Waals surface area (Å²) in [5.41, 5.74) is 0. The third-order valence-corrected chi connectivity index (χ3v) is 4.12. The zero-order valence-electron chi connectivity index (χ0n) is 10.2. The number of carboxylic acid groups (broad SMARTS) is 1. The fourth-order valence-electron chi connectivity index (χ4n) is 3.11. The minimum Gasteiger partial charge on any atom is -0.481 e. The molecule has 0 radical (unpaired) electrons. The van der Waals surface area contributed by atoms with Gasteiger partial charge in [0.1, 0.15) is 0 Å². The molecule has 3 atom stereocenters. The first-order valence-corrected chi connectivity index (χ1v) is 6.55. The molecule has 2 amide bonds. The minimum atomic E-state index is -0.799. The SMILES string of the molecule is O=C(O)C1CCN(C(=O)N2CC3CCC(C2)O3)C1. The number of amides is 2. The smallest absolute Gasteiger partial charge is 0.320 e. The summed E-state index contributed by atoms with van der Waals surface area (Å²) in [4.78, 5) is 26.7. The van der Waals surface area contributed by atoms with E-state index in [2.05, 4.69) is 0 Å². The van der Waals surface area contributed by atoms with Crippen LogP contribution < -0.4 is 0 Å². The Bertz CT molecular complexity index is 361. The van der Waals surface area contributed by atoms with Crippen LogP contribution >= 0.6 is 0 Å². The van der Waals surface area contributed by atoms with Gasteiger partial charge in [0.2, 0.25) is 0 Å². The predicted molar refractivity (Wildman–Crippen MR) is 62.2 cm³/mol. The number of hydrogen-bond donors (Lipinski definition) is 1. The fourth-order valence-corrected chi connectivity index (χ4v) is 3.11. The van der Waals surface area contributed by atoms with Gasteiger partial charge in [0.15, 0.2) is 0 Å². The molecule has 3 fully saturated rings. The maximum Gasteiger partial charge on any atom is 0.320 e. The van der Waals surface area contributed by atoms with E-state index in [1.54, 1.807) is 4.90 Å². The van der Waals surface area contributed by atoms with Crippen molar-refractivity contribution in [3.63, 3.8) is 0 Å². The molecule has 3 aliphatic rings. The summed E-state index contributed by atoms with van der Waals surface area (Å²) < 4.78 is 5.69. The molecule has 0 aliphatic carbocycles. The number of morpholine rings is 1. The first-order chi connectivity index (χ1) is 8.63. The summed E-state index contributed by atoms with van der Waals surface area (Å²) in [7, 11) is 0. The molecule has 6 heteroatoms. The van der Waals surface area contributed by atoms with Crippen molar-refractivity contribution in [2.24, 2.45) is 5.92 Å². The highest BCUT2D eigenvalue weighted by atomic mass is 16.5. The minimum absolute atomic E-state index is 0.0149. The zero-order valence-corrected chi connectivity index (χ0v) is 10.2. The number of fused-ring (bicyclic) bond motifs is 2. The van der Waals surface area contributed by atoms with E-state index in [1.165, 1.54) is 0 Å². The van der Waals surface area contributed by atoms with E-state index in [9.17, 15) is 9.59 Å². The molecule has 3 rings (SSSR count). The van der Waals surface area contributed by atoms with Crippen LogP contribution in [0.2, 0.25) is 0 Å². The summed E-state index contributed by atoms with van der Waals surface area (Å²) in [6.07, 6.45) is 3.01. The highest BCUT2D eigenvalue weighted by Crippen LogP contribution is 2.27. The Hall–Kier alpha value is -1.30. The lowest BCUT2D eigenvalue weighted by molar-refractivity contribution is -0.141. The number of urea groups is 1. The lowest BCUT2D eigenvalue weighted by Crippen LogP contribution is -2.50. The summed E-state index contributed by atoms with van der Waals surface area (Å²) in [5, 5.41) is 8.95. The highest BCUT2D eigenvalue weighted by molar-refractivity contribution is 5.77. The van der Waals surface area contributed by atoms with Gasteiger partial charge in [0, 0.05) is 26.2 Å². The molecule has 6 nitrogen and oxygen atoms in total. The summed E-state index contributed by atoms with van der Waals surface area (Å²) in [5.74, 6) is -1.20. The van der Waals surface area contributed by atoms with E-state index in [4.69, 9.17) is 9.84 Å². The Labute approximate surface area is 105 Å². The van der Waals surface area contributed by atoms with Crippen LogP contribution in [0.15, 0.2) is 0 Å². The molecule has 0 saturated carbocycles. The molecule has 18 heavy (non-hydrogen) atoms. The summed E-state index contributed by atoms with van der Waals surface area (Å²) in [6.45, 7) is 2.22. The number of hydrogen-bond acceptors (Lipinski definition) is 3. The number of carbonyl (C=O) groups is 2. The topological polar surface area (TPSA) is 70.1 Å². The first kappa shape index (κ1) is 11.8. The Morgan fingerprint density at radius 3 is 2.22 bits per heavy atom. The Balaban J connectivity index is 1.60. The third-order valence-electron chi connectivity index (χ3n) is 4.12. The molecular formula is C12H18N2O4. The average Bonchev–Trinajstić information content (AvgIpc) is 2.95. The van der Waals surface area contributed by atoms with Crippen LogP contribution in [0.3, 0.4) is 0 Å². The van der Waals surface area contributed by atoms with Gasteiger partial charge in [0.05, 0.1) is 18.1 Å². The van der Waals surface area contributed by atoms with E-state index in [0.717, 1.165) is 12.8 Å². The molecule has 0 aromatic heterocycles. The molecule has 3 heterocycles. The summed E-state index contributed by atoms with van der Waals surface area (Å²) >= 11 is 0. The van der Waals surface area contributed by atoms with Crippen molar-refractivity contribution >= 4 is 12.0 Å². The van der Waals surface area contributed by atoms with Crippen molar-refractivity contribution < 1.29 is 19.4 Å². The number of nitrogens with zero attached hydrogens (tertiary/aromatic N) is 2. The highest BCUT2D eigenvalue weighted by Gasteiger charge is 2.39. The maximum absolute atomic E-state index is 12.3. The van der Waals surface area contributed by atoms with Crippen molar-refractivity contribution in [3.8, 4) is 0 Å². The van der Waals surface area contributed by atoms with Gasteiger partial charge in [0.25, 0.3) is 0 Å². The van der Waals surface area contributed by atoms with Gasteiger partial charge in [-0.3, -0.25) is 4.79 Å². The fraction of sp³-hybridized carbons (Fsp3) is 0.833. The standard InChI is InChI=1S/C12H18N2O4/c15-11(16)8-3-4-13(5-8)12(17)14-6-9-1-2-10(7-14)18-9/h8-10H,1-7H2,(H,15,16). The second-order valence-corrected chi connectivity index (χ2v) is 5.41. The van der Waals surface area contributed by atoms with Crippen molar-refractivity contribution in [1.82, 2.24) is 9.80 Å². The number of rotatable bonds is 1. The van der Waals surface area contributed by atoms with Crippen molar-refractivity contribution in [1.29, 1.82) is 0 Å². The number of carbonyl (C=O) groups excluding carboxylic acids is 1. The monoisotopic (exact) mass is 254 g/mol. The molecular weight excluding hydrogens is 236 g/mol. The van der Waals surface area contributed by atoms with Crippen LogP contribution in [-0.2, 0) is 9.53 Å². The Kier molecular flexibility index (Phi) is 2.89. The van der Waals surface area contributed by atoms with E-state index >= 15 is 0 Å². The Morgan fingerprint density at radius 1 is 1.00 bits per heavy atom. The van der Waals surface area contributed by atoms with Gasteiger partial charge < -0.3 is 19.6 Å². The van der Waals surface area contributed by atoms with Gasteiger partial charge in [-0.2, -0.15) is 0 Å². The first-order valence-electron chi connectivity index (χ1n) is 6.55. The number of aliphatic carboxylic acids is 1. The molecule has 3 saturated heterocycles. The number of carboxylic acids is 1. The van der Waals surface area contributed by atoms with Gasteiger partial charge in [-0.05, 0) is 19.3 Å². The second-order valence-electron chi connectivity index (χ2n) is 5.41. The van der Waals surface area contributed by atoms with Crippen molar-refractivity contribution in [2.75, 3.05) is 26.2 Å². The van der Waals surface area contributed by atoms with Crippen LogP contribution in [0.5, 0.6) is 0 Å². The lowest BCUT2D eigenvalue weighted by atomic mass is 10.1. The van der Waals surface area contributed by atoms with Crippen LogP contribution in [0.25, 0.3) is 0 Å². The average molecular weight is 254 g/mol. The van der Waals surface area contributed by atoms with Gasteiger partial charge >= 0.3 is 12.0 Å².